The first-order chi connectivity index (χ1) is 13.9. The number of likely N-dealkylation sites (tertiary alicyclic amines) is 1. The minimum Gasteiger partial charge on any atom is -0.490 e. The van der Waals surface area contributed by atoms with Gasteiger partial charge in [-0.3, -0.25) is 4.79 Å². The molecule has 2 aromatic rings. The fraction of sp³-hybridized carbons (Fsp3) is 0.458. The Bertz CT molecular complexity index is 811. The van der Waals surface area contributed by atoms with Gasteiger partial charge in [0.05, 0.1) is 0 Å². The summed E-state index contributed by atoms with van der Waals surface area (Å²) in [4.78, 5) is 14.7. The number of nitrogens with zero attached hydrogens (tertiary/aromatic N) is 1. The molecule has 0 bridgehead atoms. The number of nitrogens with one attached hydrogen (secondary N) is 1. The number of carbonyl (C=O) groups is 1. The van der Waals surface area contributed by atoms with Gasteiger partial charge in [-0.25, -0.2) is 0 Å². The highest BCUT2D eigenvalue weighted by Crippen LogP contribution is 2.21. The first-order valence-electron chi connectivity index (χ1n) is 10.4. The van der Waals surface area contributed by atoms with Crippen molar-refractivity contribution in [2.45, 2.75) is 52.4 Å². The number of carbonyl (C=O) groups excluding carboxylic acids is 1. The van der Waals surface area contributed by atoms with Crippen molar-refractivity contribution in [2.24, 2.45) is 0 Å². The Morgan fingerprint density at radius 3 is 2.48 bits per heavy atom. The number of aryl methyl sites for hydroxylation is 2. The molecular formula is C24H32N2O3. The predicted octanol–water partition coefficient (Wildman–Crippen LogP) is 3.86. The quantitative estimate of drug-likeness (QED) is 0.772. The van der Waals surface area contributed by atoms with Crippen LogP contribution in [0.15, 0.2) is 42.5 Å². The van der Waals surface area contributed by atoms with E-state index in [-0.39, 0.29) is 5.91 Å². The van der Waals surface area contributed by atoms with Gasteiger partial charge in [0.1, 0.15) is 17.6 Å². The maximum Gasteiger partial charge on any atom is 0.261 e. The molecule has 0 unspecified atom stereocenters. The summed E-state index contributed by atoms with van der Waals surface area (Å²) < 4.78 is 11.9. The second-order valence-corrected chi connectivity index (χ2v) is 8.01. The van der Waals surface area contributed by atoms with Gasteiger partial charge in [0.25, 0.3) is 5.91 Å². The maximum atomic E-state index is 12.4. The van der Waals surface area contributed by atoms with E-state index in [0.29, 0.717) is 12.6 Å². The summed E-state index contributed by atoms with van der Waals surface area (Å²) in [5.41, 5.74) is 3.24. The normalized spacial score (nSPS) is 16.3. The molecule has 1 fully saturated rings. The van der Waals surface area contributed by atoms with Crippen molar-refractivity contribution in [1.82, 2.24) is 10.2 Å². The van der Waals surface area contributed by atoms with Crippen molar-refractivity contribution in [3.8, 4) is 11.5 Å². The molecule has 5 heteroatoms. The van der Waals surface area contributed by atoms with E-state index in [4.69, 9.17) is 9.47 Å². The summed E-state index contributed by atoms with van der Waals surface area (Å²) in [7, 11) is 2.15. The zero-order chi connectivity index (χ0) is 20.8. The molecule has 1 aliphatic heterocycles. The van der Waals surface area contributed by atoms with E-state index in [2.05, 4.69) is 23.3 Å². The SMILES string of the molecule is Cc1ccc(O[C@@H](C)C(=O)NCc2ccc(OC3CCN(C)CC3)cc2)c(C)c1. The van der Waals surface area contributed by atoms with Gasteiger partial charge in [-0.1, -0.05) is 29.8 Å². The van der Waals surface area contributed by atoms with Crippen LogP contribution < -0.4 is 14.8 Å². The molecule has 0 saturated carbocycles. The van der Waals surface area contributed by atoms with Gasteiger partial charge in [-0.15, -0.1) is 0 Å². The van der Waals surface area contributed by atoms with E-state index in [9.17, 15) is 4.79 Å². The largest absolute Gasteiger partial charge is 0.490 e. The zero-order valence-electron chi connectivity index (χ0n) is 17.9. The Hall–Kier alpha value is -2.53. The fourth-order valence-electron chi connectivity index (χ4n) is 3.49. The molecule has 1 N–H and O–H groups in total. The molecule has 156 valence electrons. The molecule has 0 radical (unpaired) electrons. The number of rotatable bonds is 7. The van der Waals surface area contributed by atoms with Crippen LogP contribution >= 0.6 is 0 Å². The summed E-state index contributed by atoms with van der Waals surface area (Å²) in [5.74, 6) is 1.51. The highest BCUT2D eigenvalue weighted by atomic mass is 16.5. The lowest BCUT2D eigenvalue weighted by molar-refractivity contribution is -0.127. The number of hydrogen-bond donors (Lipinski definition) is 1. The average molecular weight is 397 g/mol. The molecule has 1 amide bonds. The lowest BCUT2D eigenvalue weighted by atomic mass is 10.1. The smallest absolute Gasteiger partial charge is 0.261 e. The lowest BCUT2D eigenvalue weighted by Crippen LogP contribution is -2.36. The van der Waals surface area contributed by atoms with Crippen molar-refractivity contribution in [3.05, 3.63) is 59.2 Å². The Morgan fingerprint density at radius 2 is 1.83 bits per heavy atom. The molecule has 2 aromatic carbocycles. The third-order valence-electron chi connectivity index (χ3n) is 5.36. The monoisotopic (exact) mass is 396 g/mol. The maximum absolute atomic E-state index is 12.4. The highest BCUT2D eigenvalue weighted by Gasteiger charge is 2.18. The van der Waals surface area contributed by atoms with Crippen LogP contribution in [0.25, 0.3) is 0 Å². The summed E-state index contributed by atoms with van der Waals surface area (Å²) in [6.07, 6.45) is 1.86. The average Bonchev–Trinajstić information content (AvgIpc) is 2.71. The number of amides is 1. The molecule has 1 atom stereocenters. The zero-order valence-corrected chi connectivity index (χ0v) is 17.9. The topological polar surface area (TPSA) is 50.8 Å². The first kappa shape index (κ1) is 21.2. The Balaban J connectivity index is 1.45. The number of piperidine rings is 1. The van der Waals surface area contributed by atoms with Crippen LogP contribution in [0.1, 0.15) is 36.5 Å². The van der Waals surface area contributed by atoms with Crippen LogP contribution in [0.4, 0.5) is 0 Å². The first-order valence-corrected chi connectivity index (χ1v) is 10.4. The summed E-state index contributed by atoms with van der Waals surface area (Å²) in [5, 5.41) is 2.95. The molecule has 5 nitrogen and oxygen atoms in total. The van der Waals surface area contributed by atoms with Gasteiger partial charge < -0.3 is 19.7 Å². The van der Waals surface area contributed by atoms with E-state index in [1.165, 1.54) is 5.56 Å². The van der Waals surface area contributed by atoms with Gasteiger partial charge in [0, 0.05) is 19.6 Å². The molecule has 0 spiro atoms. The fourth-order valence-corrected chi connectivity index (χ4v) is 3.49. The minimum atomic E-state index is -0.552. The molecule has 0 aliphatic carbocycles. The minimum absolute atomic E-state index is 0.128. The van der Waals surface area contributed by atoms with E-state index >= 15 is 0 Å². The molecule has 29 heavy (non-hydrogen) atoms. The number of hydrogen-bond acceptors (Lipinski definition) is 4. The second kappa shape index (κ2) is 9.79. The van der Waals surface area contributed by atoms with E-state index < -0.39 is 6.10 Å². The second-order valence-electron chi connectivity index (χ2n) is 8.01. The number of benzene rings is 2. The molecule has 3 rings (SSSR count). The van der Waals surface area contributed by atoms with Crippen LogP contribution in [0, 0.1) is 13.8 Å². The van der Waals surface area contributed by atoms with Crippen molar-refractivity contribution in [2.75, 3.05) is 20.1 Å². The summed E-state index contributed by atoms with van der Waals surface area (Å²) in [6.45, 7) is 8.43. The summed E-state index contributed by atoms with van der Waals surface area (Å²) >= 11 is 0. The molecule has 1 saturated heterocycles. The number of ether oxygens (including phenoxy) is 2. The van der Waals surface area contributed by atoms with Crippen molar-refractivity contribution >= 4 is 5.91 Å². The third kappa shape index (κ3) is 6.23. The van der Waals surface area contributed by atoms with Crippen molar-refractivity contribution in [1.29, 1.82) is 0 Å². The van der Waals surface area contributed by atoms with Crippen LogP contribution in [0.2, 0.25) is 0 Å². The van der Waals surface area contributed by atoms with E-state index in [0.717, 1.165) is 48.6 Å². The Kier molecular flexibility index (Phi) is 7.15. The van der Waals surface area contributed by atoms with E-state index in [1.807, 2.05) is 50.2 Å². The standard InChI is InChI=1S/C24H32N2O3/c1-17-5-10-23(18(2)15-17)28-19(3)24(27)25-16-20-6-8-21(9-7-20)29-22-11-13-26(4)14-12-22/h5-10,15,19,22H,11-14,16H2,1-4H3,(H,25,27)/t19-/m0/s1. The third-order valence-corrected chi connectivity index (χ3v) is 5.36. The van der Waals surface area contributed by atoms with Crippen LogP contribution in [-0.2, 0) is 11.3 Å². The Labute approximate surface area is 174 Å². The Morgan fingerprint density at radius 1 is 1.14 bits per heavy atom. The van der Waals surface area contributed by atoms with Crippen molar-refractivity contribution in [3.63, 3.8) is 0 Å². The van der Waals surface area contributed by atoms with Crippen LogP contribution in [-0.4, -0.2) is 43.2 Å². The van der Waals surface area contributed by atoms with Crippen LogP contribution in [0.3, 0.4) is 0 Å². The van der Waals surface area contributed by atoms with Crippen molar-refractivity contribution < 1.29 is 14.3 Å². The molecule has 0 aromatic heterocycles. The summed E-state index contributed by atoms with van der Waals surface area (Å²) in [6, 6.07) is 13.9. The molecule has 1 heterocycles. The lowest BCUT2D eigenvalue weighted by Gasteiger charge is -2.29. The van der Waals surface area contributed by atoms with Gasteiger partial charge in [0.2, 0.25) is 0 Å². The van der Waals surface area contributed by atoms with Gasteiger partial charge in [-0.05, 0) is 70.0 Å². The molecule has 1 aliphatic rings. The van der Waals surface area contributed by atoms with E-state index in [1.54, 1.807) is 6.92 Å². The van der Waals surface area contributed by atoms with Gasteiger partial charge in [-0.2, -0.15) is 0 Å². The van der Waals surface area contributed by atoms with Crippen LogP contribution in [0.5, 0.6) is 11.5 Å². The molecular weight excluding hydrogens is 364 g/mol. The van der Waals surface area contributed by atoms with Gasteiger partial charge >= 0.3 is 0 Å². The predicted molar refractivity (Wildman–Crippen MR) is 115 cm³/mol. The highest BCUT2D eigenvalue weighted by molar-refractivity contribution is 5.80. The van der Waals surface area contributed by atoms with Gasteiger partial charge in [0.15, 0.2) is 6.10 Å².